The van der Waals surface area contributed by atoms with Crippen LogP contribution in [0.25, 0.3) is 0 Å². The molecule has 0 aliphatic carbocycles. The van der Waals surface area contributed by atoms with Crippen molar-refractivity contribution in [1.29, 1.82) is 5.41 Å². The number of esters is 1. The third-order valence-electron chi connectivity index (χ3n) is 8.16. The zero-order valence-electron chi connectivity index (χ0n) is 26.3. The Morgan fingerprint density at radius 1 is 0.720 bits per heavy atom. The first-order valence-electron chi connectivity index (χ1n) is 15.6. The van der Waals surface area contributed by atoms with E-state index in [1.165, 1.54) is 12.1 Å². The maximum absolute atomic E-state index is 14.0. The van der Waals surface area contributed by atoms with Crippen LogP contribution in [0.5, 0.6) is 0 Å². The molecule has 5 atom stereocenters. The van der Waals surface area contributed by atoms with Crippen molar-refractivity contribution in [2.24, 2.45) is 0 Å². The number of carbonyl (C=O) groups excluding carboxylic acids is 3. The second kappa shape index (κ2) is 15.7. The van der Waals surface area contributed by atoms with E-state index in [1.54, 1.807) is 42.5 Å². The number of halogens is 3. The van der Waals surface area contributed by atoms with Crippen molar-refractivity contribution in [2.75, 3.05) is 6.61 Å². The number of hydrogen-bond acceptors (Lipinski definition) is 9. The van der Waals surface area contributed by atoms with Gasteiger partial charge >= 0.3 is 5.97 Å². The zero-order valence-corrected chi connectivity index (χ0v) is 28.6. The molecular weight excluding hydrogens is 707 g/mol. The fraction of sp³-hybridized carbons (Fsp3) is 0.243. The molecule has 50 heavy (non-hydrogen) atoms. The summed E-state index contributed by atoms with van der Waals surface area (Å²) >= 11 is 18.1. The number of amides is 2. The maximum Gasteiger partial charge on any atom is 0.338 e. The number of hydrogen-bond donors (Lipinski definition) is 1. The summed E-state index contributed by atoms with van der Waals surface area (Å²) < 4.78 is 28.6. The van der Waals surface area contributed by atoms with Gasteiger partial charge in [-0.15, -0.1) is 0 Å². The van der Waals surface area contributed by atoms with E-state index in [0.717, 1.165) is 16.0 Å². The van der Waals surface area contributed by atoms with E-state index >= 15 is 0 Å². The van der Waals surface area contributed by atoms with Gasteiger partial charge in [0.25, 0.3) is 15.6 Å². The van der Waals surface area contributed by atoms with Crippen LogP contribution in [0.3, 0.4) is 0 Å². The number of fused-ring (bicyclic) bond motifs is 1. The van der Waals surface area contributed by atoms with Crippen LogP contribution in [0, 0.1) is 5.41 Å². The van der Waals surface area contributed by atoms with E-state index in [2.05, 4.69) is 0 Å². The van der Waals surface area contributed by atoms with Crippen LogP contribution in [0.2, 0.25) is 0 Å². The molecule has 258 valence electrons. The monoisotopic (exact) mass is 736 g/mol. The average Bonchev–Trinajstić information content (AvgIpc) is 3.37. The molecule has 0 saturated carbocycles. The molecule has 1 fully saturated rings. The van der Waals surface area contributed by atoms with Crippen molar-refractivity contribution >= 4 is 58.5 Å². The lowest BCUT2D eigenvalue weighted by atomic mass is 9.94. The van der Waals surface area contributed by atoms with E-state index in [4.69, 9.17) is 63.9 Å². The van der Waals surface area contributed by atoms with Crippen molar-refractivity contribution in [3.63, 3.8) is 0 Å². The summed E-state index contributed by atoms with van der Waals surface area (Å²) in [5, 5.41) is 8.42. The molecule has 10 nitrogen and oxygen atoms in total. The molecular formula is C37H31Cl3N2O8. The lowest BCUT2D eigenvalue weighted by molar-refractivity contribution is -0.271. The minimum atomic E-state index is -2.33. The second-order valence-electron chi connectivity index (χ2n) is 11.5. The van der Waals surface area contributed by atoms with Gasteiger partial charge in [0.15, 0.2) is 6.10 Å². The van der Waals surface area contributed by atoms with Gasteiger partial charge in [0.1, 0.15) is 18.2 Å². The van der Waals surface area contributed by atoms with Gasteiger partial charge in [0, 0.05) is 0 Å². The topological polar surface area (TPSA) is 124 Å². The molecule has 0 bridgehead atoms. The summed E-state index contributed by atoms with van der Waals surface area (Å²) in [4.78, 5) is 42.6. The summed E-state index contributed by atoms with van der Waals surface area (Å²) in [6.45, 7) is -0.0215. The van der Waals surface area contributed by atoms with Crippen molar-refractivity contribution in [3.8, 4) is 0 Å². The predicted octanol–water partition coefficient (Wildman–Crippen LogP) is 6.77. The summed E-state index contributed by atoms with van der Waals surface area (Å²) in [7, 11) is 0. The van der Waals surface area contributed by atoms with E-state index in [0.29, 0.717) is 0 Å². The number of imide groups is 1. The Morgan fingerprint density at radius 3 is 1.80 bits per heavy atom. The highest BCUT2D eigenvalue weighted by Crippen LogP contribution is 2.38. The number of rotatable bonds is 11. The number of nitrogens with zero attached hydrogens (tertiary/aromatic N) is 1. The number of alkyl halides is 3. The minimum Gasteiger partial charge on any atom is -0.453 e. The van der Waals surface area contributed by atoms with E-state index in [-0.39, 0.29) is 36.5 Å². The third kappa shape index (κ3) is 8.02. The molecule has 1 saturated heterocycles. The maximum atomic E-state index is 14.0. The molecule has 4 aromatic rings. The van der Waals surface area contributed by atoms with Crippen LogP contribution >= 0.6 is 34.8 Å². The Kier molecular flexibility index (Phi) is 11.2. The first kappa shape index (κ1) is 35.5. The van der Waals surface area contributed by atoms with Crippen LogP contribution in [-0.2, 0) is 36.9 Å². The van der Waals surface area contributed by atoms with Crippen molar-refractivity contribution < 1.29 is 38.1 Å². The van der Waals surface area contributed by atoms with Gasteiger partial charge in [-0.05, 0) is 35.4 Å². The zero-order chi connectivity index (χ0) is 35.3. The minimum absolute atomic E-state index is 0.0310. The molecule has 0 radical (unpaired) electrons. The largest absolute Gasteiger partial charge is 0.453 e. The summed E-state index contributed by atoms with van der Waals surface area (Å²) in [6.07, 6.45) is -5.32. The van der Waals surface area contributed by atoms with Crippen LogP contribution in [0.1, 0.15) is 42.2 Å². The molecule has 1 N–H and O–H groups in total. The Balaban J connectivity index is 1.43. The van der Waals surface area contributed by atoms with Gasteiger partial charge in [-0.1, -0.05) is 126 Å². The molecule has 0 spiro atoms. The van der Waals surface area contributed by atoms with Gasteiger partial charge in [-0.25, -0.2) is 4.79 Å². The SMILES string of the molecule is N=C(OC1O[C@H](COCc2ccccc2)[C@@H](OC(=O)c2ccccc2)[C@H](OCc2ccccc2)[C@H]1N1C(=O)c2ccccc2C1=O)C(Cl)(Cl)Cl. The number of benzene rings is 4. The summed E-state index contributed by atoms with van der Waals surface area (Å²) in [5.74, 6) is -2.89. The number of carbonyl (C=O) groups is 3. The molecule has 2 aliphatic heterocycles. The van der Waals surface area contributed by atoms with E-state index < -0.39 is 58.1 Å². The Labute approximate surface area is 303 Å². The smallest absolute Gasteiger partial charge is 0.338 e. The van der Waals surface area contributed by atoms with Crippen LogP contribution in [0.15, 0.2) is 115 Å². The third-order valence-corrected chi connectivity index (χ3v) is 8.68. The Hall–Kier alpha value is -4.29. The van der Waals surface area contributed by atoms with Crippen LogP contribution in [-0.4, -0.2) is 69.6 Å². The van der Waals surface area contributed by atoms with Crippen molar-refractivity contribution in [3.05, 3.63) is 143 Å². The van der Waals surface area contributed by atoms with E-state index in [9.17, 15) is 14.4 Å². The molecule has 2 heterocycles. The van der Waals surface area contributed by atoms with Crippen molar-refractivity contribution in [1.82, 2.24) is 4.90 Å². The van der Waals surface area contributed by atoms with Gasteiger partial charge in [0.05, 0.1) is 36.5 Å². The average molecular weight is 738 g/mol. The molecule has 13 heteroatoms. The highest BCUT2D eigenvalue weighted by atomic mass is 35.6. The molecule has 2 aliphatic rings. The summed E-state index contributed by atoms with van der Waals surface area (Å²) in [5.41, 5.74) is 2.14. The van der Waals surface area contributed by atoms with E-state index in [1.807, 2.05) is 60.7 Å². The molecule has 2 amide bonds. The molecule has 4 aromatic carbocycles. The van der Waals surface area contributed by atoms with Gasteiger partial charge < -0.3 is 23.7 Å². The van der Waals surface area contributed by atoms with Gasteiger partial charge in [0.2, 0.25) is 12.2 Å². The highest BCUT2D eigenvalue weighted by molar-refractivity contribution is 6.76. The normalized spacial score (nSPS) is 21.8. The fourth-order valence-electron chi connectivity index (χ4n) is 5.79. The van der Waals surface area contributed by atoms with Crippen LogP contribution in [0.4, 0.5) is 0 Å². The Bertz CT molecular complexity index is 1790. The predicted molar refractivity (Wildman–Crippen MR) is 185 cm³/mol. The van der Waals surface area contributed by atoms with Gasteiger partial charge in [-0.3, -0.25) is 19.9 Å². The quantitative estimate of drug-likeness (QED) is 0.0589. The Morgan fingerprint density at radius 2 is 1.24 bits per heavy atom. The number of ether oxygens (including phenoxy) is 5. The second-order valence-corrected chi connectivity index (χ2v) is 13.8. The van der Waals surface area contributed by atoms with Crippen LogP contribution < -0.4 is 0 Å². The fourth-order valence-corrected chi connectivity index (χ4v) is 5.92. The molecule has 1 unspecified atom stereocenters. The first-order chi connectivity index (χ1) is 24.1. The first-order valence-corrected chi connectivity index (χ1v) is 16.7. The standard InChI is InChI=1S/C37H31Cl3N2O8/c38-37(39,40)36(41)50-35-29(42-32(43)26-18-10-11-19-27(26)33(42)44)31(47-21-24-14-6-2-7-15-24)30(49-34(45)25-16-8-3-9-17-25)28(48-35)22-46-20-23-12-4-1-5-13-23/h1-19,28-31,35,41H,20-22H2/t28-,29-,30-,31-,35?/m1/s1. The van der Waals surface area contributed by atoms with Crippen molar-refractivity contribution in [2.45, 2.75) is 47.7 Å². The lowest BCUT2D eigenvalue weighted by Crippen LogP contribution is -2.67. The molecule has 0 aromatic heterocycles. The summed E-state index contributed by atoms with van der Waals surface area (Å²) in [6, 6.07) is 31.7. The number of nitrogens with one attached hydrogen (secondary N) is 1. The lowest BCUT2D eigenvalue weighted by Gasteiger charge is -2.47. The molecule has 6 rings (SSSR count). The highest BCUT2D eigenvalue weighted by Gasteiger charge is 2.57. The van der Waals surface area contributed by atoms with Gasteiger partial charge in [-0.2, -0.15) is 0 Å².